The summed E-state index contributed by atoms with van der Waals surface area (Å²) in [5.41, 5.74) is 4.38. The number of hydrogen-bond acceptors (Lipinski definition) is 4. The molecule has 0 aliphatic rings. The van der Waals surface area contributed by atoms with E-state index in [4.69, 9.17) is 10.8 Å². The molecule has 0 unspecified atom stereocenters. The lowest BCUT2D eigenvalue weighted by atomic mass is 10.2. The van der Waals surface area contributed by atoms with Gasteiger partial charge < -0.3 is 15.6 Å². The first-order valence-electron chi connectivity index (χ1n) is 3.45. The monoisotopic (exact) mass is 199 g/mol. The van der Waals surface area contributed by atoms with Crippen LogP contribution in [-0.4, -0.2) is 23.0 Å². The predicted octanol–water partition coefficient (Wildman–Crippen LogP) is -0.441. The molecule has 0 bridgehead atoms. The maximum atomic E-state index is 10.9. The maximum Gasteiger partial charge on any atom is 0.331 e. The molecule has 0 aliphatic carbocycles. The molecule has 0 heterocycles. The number of carbonyl (C=O) groups is 3. The fourth-order valence-corrected chi connectivity index (χ4v) is 0.474. The molecule has 0 aromatic carbocycles. The molecular formula is C8H9NO5. The lowest BCUT2D eigenvalue weighted by Crippen LogP contribution is -2.19. The molecule has 6 nitrogen and oxygen atoms in total. The van der Waals surface area contributed by atoms with E-state index in [2.05, 4.69) is 17.9 Å². The Kier molecular flexibility index (Phi) is 4.08. The van der Waals surface area contributed by atoms with Crippen LogP contribution in [0.15, 0.2) is 24.5 Å². The van der Waals surface area contributed by atoms with Gasteiger partial charge in [0.15, 0.2) is 5.76 Å². The number of aliphatic carboxylic acids is 1. The van der Waals surface area contributed by atoms with Gasteiger partial charge in [0.1, 0.15) is 0 Å². The lowest BCUT2D eigenvalue weighted by Gasteiger charge is -2.03. The molecule has 76 valence electrons. The Labute approximate surface area is 79.6 Å². The minimum atomic E-state index is -1.31. The number of carboxylic acid groups (broad SMARTS) is 1. The Morgan fingerprint density at radius 2 is 1.79 bits per heavy atom. The van der Waals surface area contributed by atoms with Gasteiger partial charge in [-0.05, 0) is 0 Å². The van der Waals surface area contributed by atoms with Crippen LogP contribution in [0.2, 0.25) is 0 Å². The Hall–Kier alpha value is -2.11. The quantitative estimate of drug-likeness (QED) is 0.354. The van der Waals surface area contributed by atoms with Crippen LogP contribution in [0.4, 0.5) is 0 Å². The fraction of sp³-hybridized carbons (Fsp3) is 0.125. The van der Waals surface area contributed by atoms with Crippen molar-refractivity contribution in [2.45, 2.75) is 6.42 Å². The summed E-state index contributed by atoms with van der Waals surface area (Å²) in [5, 5.41) is 8.35. The summed E-state index contributed by atoms with van der Waals surface area (Å²) in [5.74, 6) is -3.78. The Morgan fingerprint density at radius 1 is 1.29 bits per heavy atom. The first-order chi connectivity index (χ1) is 6.34. The molecule has 0 aromatic rings. The van der Waals surface area contributed by atoms with E-state index in [1.54, 1.807) is 0 Å². The van der Waals surface area contributed by atoms with Gasteiger partial charge in [-0.2, -0.15) is 0 Å². The third-order valence-electron chi connectivity index (χ3n) is 1.17. The second-order valence-corrected chi connectivity index (χ2v) is 2.35. The van der Waals surface area contributed by atoms with Gasteiger partial charge in [0.2, 0.25) is 0 Å². The summed E-state index contributed by atoms with van der Waals surface area (Å²) >= 11 is 0. The van der Waals surface area contributed by atoms with Gasteiger partial charge in [-0.25, -0.2) is 4.79 Å². The SMILES string of the molecule is C=C(CC(=O)OC(=C)C(N)=O)C(=O)O. The summed E-state index contributed by atoms with van der Waals surface area (Å²) in [6.45, 7) is 6.15. The van der Waals surface area contributed by atoms with E-state index in [1.807, 2.05) is 0 Å². The smallest absolute Gasteiger partial charge is 0.331 e. The normalized spacial score (nSPS) is 8.86. The molecule has 0 aromatic heterocycles. The zero-order valence-corrected chi connectivity index (χ0v) is 7.28. The molecule has 0 spiro atoms. The van der Waals surface area contributed by atoms with E-state index in [-0.39, 0.29) is 5.57 Å². The van der Waals surface area contributed by atoms with E-state index >= 15 is 0 Å². The minimum Gasteiger partial charge on any atom is -0.478 e. The maximum absolute atomic E-state index is 10.9. The fourth-order valence-electron chi connectivity index (χ4n) is 0.474. The largest absolute Gasteiger partial charge is 0.478 e. The first-order valence-corrected chi connectivity index (χ1v) is 3.45. The summed E-state index contributed by atoms with van der Waals surface area (Å²) in [6, 6.07) is 0. The van der Waals surface area contributed by atoms with Crippen molar-refractivity contribution in [3.8, 4) is 0 Å². The zero-order valence-electron chi connectivity index (χ0n) is 7.28. The Balaban J connectivity index is 4.12. The average molecular weight is 199 g/mol. The molecule has 0 aliphatic heterocycles. The van der Waals surface area contributed by atoms with Gasteiger partial charge in [-0.1, -0.05) is 13.2 Å². The number of carbonyl (C=O) groups excluding carboxylic acids is 2. The average Bonchev–Trinajstić information content (AvgIpc) is 2.03. The molecule has 0 saturated carbocycles. The highest BCUT2D eigenvalue weighted by atomic mass is 16.5. The number of amides is 1. The topological polar surface area (TPSA) is 107 Å². The van der Waals surface area contributed by atoms with Crippen molar-refractivity contribution in [1.82, 2.24) is 0 Å². The number of rotatable bonds is 5. The molecule has 3 N–H and O–H groups in total. The van der Waals surface area contributed by atoms with Gasteiger partial charge in [0.05, 0.1) is 6.42 Å². The van der Waals surface area contributed by atoms with E-state index in [0.29, 0.717) is 0 Å². The summed E-state index contributed by atoms with van der Waals surface area (Å²) in [7, 11) is 0. The van der Waals surface area contributed by atoms with E-state index in [0.717, 1.165) is 0 Å². The third-order valence-corrected chi connectivity index (χ3v) is 1.17. The minimum absolute atomic E-state index is 0.340. The van der Waals surface area contributed by atoms with Crippen LogP contribution in [0.1, 0.15) is 6.42 Å². The van der Waals surface area contributed by atoms with Crippen LogP contribution in [0, 0.1) is 0 Å². The molecule has 0 atom stereocenters. The van der Waals surface area contributed by atoms with E-state index in [9.17, 15) is 14.4 Å². The van der Waals surface area contributed by atoms with E-state index in [1.165, 1.54) is 0 Å². The van der Waals surface area contributed by atoms with Gasteiger partial charge in [0.25, 0.3) is 5.91 Å². The summed E-state index contributed by atoms with van der Waals surface area (Å²) < 4.78 is 4.30. The highest BCUT2D eigenvalue weighted by Crippen LogP contribution is 2.03. The number of primary amides is 1. The first kappa shape index (κ1) is 11.9. The van der Waals surface area contributed by atoms with Crippen molar-refractivity contribution < 1.29 is 24.2 Å². The van der Waals surface area contributed by atoms with Crippen LogP contribution in [-0.2, 0) is 19.1 Å². The highest BCUT2D eigenvalue weighted by Gasteiger charge is 2.14. The van der Waals surface area contributed by atoms with Crippen molar-refractivity contribution in [2.75, 3.05) is 0 Å². The van der Waals surface area contributed by atoms with Crippen LogP contribution in [0.25, 0.3) is 0 Å². The van der Waals surface area contributed by atoms with Gasteiger partial charge in [-0.3, -0.25) is 9.59 Å². The third kappa shape index (κ3) is 4.05. The lowest BCUT2D eigenvalue weighted by molar-refractivity contribution is -0.143. The standard InChI is InChI=1S/C8H9NO5/c1-4(8(12)13)3-6(10)14-5(2)7(9)11/h1-3H2,(H2,9,11)(H,12,13). The summed E-state index contributed by atoms with van der Waals surface area (Å²) in [4.78, 5) is 31.5. The van der Waals surface area contributed by atoms with Crippen molar-refractivity contribution in [1.29, 1.82) is 0 Å². The Bertz CT molecular complexity index is 288. The molecule has 14 heavy (non-hydrogen) atoms. The van der Waals surface area contributed by atoms with Crippen molar-refractivity contribution in [2.24, 2.45) is 5.73 Å². The predicted molar refractivity (Wildman–Crippen MR) is 45.8 cm³/mol. The molecule has 0 saturated heterocycles. The molecule has 0 radical (unpaired) electrons. The Morgan fingerprint density at radius 3 is 2.14 bits per heavy atom. The molecule has 0 fully saturated rings. The van der Waals surface area contributed by atoms with Crippen molar-refractivity contribution in [3.63, 3.8) is 0 Å². The number of nitrogens with two attached hydrogens (primary N) is 1. The zero-order chi connectivity index (χ0) is 11.3. The molecular weight excluding hydrogens is 190 g/mol. The summed E-state index contributed by atoms with van der Waals surface area (Å²) in [6.07, 6.45) is -0.526. The van der Waals surface area contributed by atoms with Gasteiger partial charge >= 0.3 is 11.9 Å². The second kappa shape index (κ2) is 4.80. The van der Waals surface area contributed by atoms with E-state index < -0.39 is 30.0 Å². The van der Waals surface area contributed by atoms with Crippen molar-refractivity contribution in [3.05, 3.63) is 24.5 Å². The molecule has 1 amide bonds. The van der Waals surface area contributed by atoms with Crippen LogP contribution < -0.4 is 5.73 Å². The van der Waals surface area contributed by atoms with Crippen LogP contribution in [0.3, 0.4) is 0 Å². The number of ether oxygens (including phenoxy) is 1. The molecule has 0 rings (SSSR count). The van der Waals surface area contributed by atoms with Gasteiger partial charge in [0, 0.05) is 5.57 Å². The van der Waals surface area contributed by atoms with Crippen LogP contribution >= 0.6 is 0 Å². The second-order valence-electron chi connectivity index (χ2n) is 2.35. The number of hydrogen-bond donors (Lipinski definition) is 2. The van der Waals surface area contributed by atoms with Crippen LogP contribution in [0.5, 0.6) is 0 Å². The number of carboxylic acids is 1. The molecule has 6 heteroatoms. The highest BCUT2D eigenvalue weighted by molar-refractivity contribution is 5.95. The van der Waals surface area contributed by atoms with Gasteiger partial charge in [-0.15, -0.1) is 0 Å². The number of esters is 1. The van der Waals surface area contributed by atoms with Crippen molar-refractivity contribution >= 4 is 17.8 Å².